The lowest BCUT2D eigenvalue weighted by atomic mass is 10.2. The first kappa shape index (κ1) is 21.4. The molecule has 0 radical (unpaired) electrons. The Labute approximate surface area is 173 Å². The molecule has 2 aromatic carbocycles. The summed E-state index contributed by atoms with van der Waals surface area (Å²) in [6, 6.07) is 5.50. The van der Waals surface area contributed by atoms with E-state index in [1.54, 1.807) is 0 Å². The fourth-order valence-corrected chi connectivity index (χ4v) is 2.90. The highest BCUT2D eigenvalue weighted by Crippen LogP contribution is 2.34. The van der Waals surface area contributed by atoms with E-state index < -0.39 is 29.8 Å². The minimum Gasteiger partial charge on any atom is -0.493 e. The molecule has 0 unspecified atom stereocenters. The van der Waals surface area contributed by atoms with Crippen LogP contribution in [-0.4, -0.2) is 29.7 Å². The number of anilines is 1. The second kappa shape index (κ2) is 8.23. The molecule has 11 heteroatoms. The zero-order valence-corrected chi connectivity index (χ0v) is 16.5. The average Bonchev–Trinajstić information content (AvgIpc) is 2.70. The Kier molecular flexibility index (Phi) is 5.88. The number of benzene rings is 2. The Balaban J connectivity index is 1.89. The molecule has 0 aliphatic carbocycles. The van der Waals surface area contributed by atoms with Gasteiger partial charge in [-0.2, -0.15) is 13.2 Å². The summed E-state index contributed by atoms with van der Waals surface area (Å²) in [6.07, 6.45) is -3.44. The largest absolute Gasteiger partial charge is 0.493 e. The number of hydrogen-bond donors (Lipinski definition) is 1. The third-order valence-electron chi connectivity index (χ3n) is 4.21. The molecule has 0 fully saturated rings. The standard InChI is InChI=1S/C19H15ClF3N3O4/c1-29-15-6-11-13(7-16(15)30-2)24-9-26(18(11)28)8-17(27)25-14-5-10(19(21,22)23)3-4-12(14)20/h3-7,9H,8H2,1-2H3,(H,25,27). The number of methoxy groups -OCH3 is 2. The molecule has 0 bridgehead atoms. The van der Waals surface area contributed by atoms with E-state index in [1.807, 2.05) is 0 Å². The van der Waals surface area contributed by atoms with E-state index >= 15 is 0 Å². The lowest BCUT2D eigenvalue weighted by molar-refractivity contribution is -0.137. The van der Waals surface area contributed by atoms with Gasteiger partial charge < -0.3 is 14.8 Å². The zero-order chi connectivity index (χ0) is 22.1. The minimum atomic E-state index is -4.59. The maximum absolute atomic E-state index is 12.9. The molecule has 3 rings (SSSR count). The summed E-state index contributed by atoms with van der Waals surface area (Å²) in [6.45, 7) is -0.483. The smallest absolute Gasteiger partial charge is 0.416 e. The Hall–Kier alpha value is -3.27. The highest BCUT2D eigenvalue weighted by Gasteiger charge is 2.31. The zero-order valence-electron chi connectivity index (χ0n) is 15.7. The van der Waals surface area contributed by atoms with Crippen LogP contribution in [0.25, 0.3) is 10.9 Å². The second-order valence-electron chi connectivity index (χ2n) is 6.14. The molecule has 1 heterocycles. The molecule has 1 N–H and O–H groups in total. The first-order valence-electron chi connectivity index (χ1n) is 8.42. The predicted octanol–water partition coefficient (Wildman–Crippen LogP) is 3.72. The van der Waals surface area contributed by atoms with Crippen LogP contribution in [0.3, 0.4) is 0 Å². The summed E-state index contributed by atoms with van der Waals surface area (Å²) in [7, 11) is 2.85. The van der Waals surface area contributed by atoms with Crippen LogP contribution in [0.4, 0.5) is 18.9 Å². The number of carbonyl (C=O) groups is 1. The van der Waals surface area contributed by atoms with Crippen molar-refractivity contribution in [2.24, 2.45) is 0 Å². The Bertz CT molecular complexity index is 1180. The monoisotopic (exact) mass is 441 g/mol. The third kappa shape index (κ3) is 4.33. The van der Waals surface area contributed by atoms with Crippen LogP contribution in [0.1, 0.15) is 5.56 Å². The number of nitrogens with one attached hydrogen (secondary N) is 1. The predicted molar refractivity (Wildman–Crippen MR) is 104 cm³/mol. The molecule has 0 spiro atoms. The van der Waals surface area contributed by atoms with E-state index in [-0.39, 0.29) is 16.1 Å². The van der Waals surface area contributed by atoms with Crippen molar-refractivity contribution in [2.45, 2.75) is 12.7 Å². The summed E-state index contributed by atoms with van der Waals surface area (Å²) in [5, 5.41) is 2.39. The van der Waals surface area contributed by atoms with E-state index in [2.05, 4.69) is 10.3 Å². The number of rotatable bonds is 5. The number of amides is 1. The van der Waals surface area contributed by atoms with Crippen LogP contribution in [0, 0.1) is 0 Å². The van der Waals surface area contributed by atoms with Crippen LogP contribution in [0.5, 0.6) is 11.5 Å². The molecule has 3 aromatic rings. The van der Waals surface area contributed by atoms with Gasteiger partial charge in [0.2, 0.25) is 5.91 Å². The summed E-state index contributed by atoms with van der Waals surface area (Å²) < 4.78 is 50.0. The van der Waals surface area contributed by atoms with E-state index in [0.29, 0.717) is 17.0 Å². The fourth-order valence-electron chi connectivity index (χ4n) is 2.74. The highest BCUT2D eigenvalue weighted by atomic mass is 35.5. The number of fused-ring (bicyclic) bond motifs is 1. The maximum atomic E-state index is 12.9. The van der Waals surface area contributed by atoms with Crippen molar-refractivity contribution in [3.05, 3.63) is 57.6 Å². The van der Waals surface area contributed by atoms with Gasteiger partial charge in [0.05, 0.1) is 47.7 Å². The highest BCUT2D eigenvalue weighted by molar-refractivity contribution is 6.33. The molecule has 1 amide bonds. The van der Waals surface area contributed by atoms with Crippen molar-refractivity contribution >= 4 is 34.1 Å². The topological polar surface area (TPSA) is 82.5 Å². The number of alkyl halides is 3. The van der Waals surface area contributed by atoms with Gasteiger partial charge in [0.15, 0.2) is 11.5 Å². The van der Waals surface area contributed by atoms with Crippen molar-refractivity contribution in [1.29, 1.82) is 0 Å². The van der Waals surface area contributed by atoms with Gasteiger partial charge in [-0.25, -0.2) is 4.98 Å². The first-order valence-corrected chi connectivity index (χ1v) is 8.79. The normalized spacial score (nSPS) is 11.4. The van der Waals surface area contributed by atoms with E-state index in [1.165, 1.54) is 26.4 Å². The van der Waals surface area contributed by atoms with Gasteiger partial charge in [-0.15, -0.1) is 0 Å². The molecule has 0 aliphatic heterocycles. The SMILES string of the molecule is COc1cc2ncn(CC(=O)Nc3cc(C(F)(F)F)ccc3Cl)c(=O)c2cc1OC. The fraction of sp³-hybridized carbons (Fsp3) is 0.211. The van der Waals surface area contributed by atoms with Crippen LogP contribution >= 0.6 is 11.6 Å². The number of carbonyl (C=O) groups excluding carboxylic acids is 1. The average molecular weight is 442 g/mol. The van der Waals surface area contributed by atoms with Crippen molar-refractivity contribution in [3.8, 4) is 11.5 Å². The molecular weight excluding hydrogens is 427 g/mol. The van der Waals surface area contributed by atoms with Crippen LogP contribution < -0.4 is 20.3 Å². The third-order valence-corrected chi connectivity index (χ3v) is 4.54. The van der Waals surface area contributed by atoms with E-state index in [4.69, 9.17) is 21.1 Å². The summed E-state index contributed by atoms with van der Waals surface area (Å²) >= 11 is 5.88. The van der Waals surface area contributed by atoms with Gasteiger partial charge in [0.1, 0.15) is 6.54 Å². The summed E-state index contributed by atoms with van der Waals surface area (Å²) in [5.41, 5.74) is -1.39. The lowest BCUT2D eigenvalue weighted by Crippen LogP contribution is -2.28. The second-order valence-corrected chi connectivity index (χ2v) is 6.55. The van der Waals surface area contributed by atoms with Crippen LogP contribution in [0.2, 0.25) is 5.02 Å². The molecule has 0 saturated carbocycles. The number of ether oxygens (including phenoxy) is 2. The van der Waals surface area contributed by atoms with Gasteiger partial charge in [-0.05, 0) is 24.3 Å². The molecule has 158 valence electrons. The number of hydrogen-bond acceptors (Lipinski definition) is 5. The van der Waals surface area contributed by atoms with Crippen molar-refractivity contribution < 1.29 is 27.4 Å². The molecular formula is C19H15ClF3N3O4. The number of halogens is 4. The first-order chi connectivity index (χ1) is 14.1. The number of nitrogens with zero attached hydrogens (tertiary/aromatic N) is 2. The quantitative estimate of drug-likeness (QED) is 0.652. The molecule has 0 atom stereocenters. The molecule has 0 aliphatic rings. The molecule has 1 aromatic heterocycles. The van der Waals surface area contributed by atoms with Gasteiger partial charge in [-0.3, -0.25) is 14.2 Å². The Morgan fingerprint density at radius 1 is 1.17 bits per heavy atom. The van der Waals surface area contributed by atoms with Gasteiger partial charge in [0.25, 0.3) is 5.56 Å². The van der Waals surface area contributed by atoms with E-state index in [0.717, 1.165) is 29.1 Å². The van der Waals surface area contributed by atoms with Gasteiger partial charge in [0, 0.05) is 6.07 Å². The van der Waals surface area contributed by atoms with Crippen LogP contribution in [-0.2, 0) is 17.5 Å². The van der Waals surface area contributed by atoms with Crippen LogP contribution in [0.15, 0.2) is 41.5 Å². The Morgan fingerprint density at radius 2 is 1.83 bits per heavy atom. The summed E-state index contributed by atoms with van der Waals surface area (Å²) in [4.78, 5) is 29.2. The lowest BCUT2D eigenvalue weighted by Gasteiger charge is -2.13. The summed E-state index contributed by atoms with van der Waals surface area (Å²) in [5.74, 6) is -0.0617. The maximum Gasteiger partial charge on any atom is 0.416 e. The van der Waals surface area contributed by atoms with Gasteiger partial charge in [-0.1, -0.05) is 11.6 Å². The Morgan fingerprint density at radius 3 is 2.47 bits per heavy atom. The molecule has 0 saturated heterocycles. The van der Waals surface area contributed by atoms with Crippen molar-refractivity contribution in [2.75, 3.05) is 19.5 Å². The molecule has 7 nitrogen and oxygen atoms in total. The van der Waals surface area contributed by atoms with Crippen molar-refractivity contribution in [1.82, 2.24) is 9.55 Å². The minimum absolute atomic E-state index is 0.0721. The van der Waals surface area contributed by atoms with E-state index in [9.17, 15) is 22.8 Å². The van der Waals surface area contributed by atoms with Gasteiger partial charge >= 0.3 is 6.18 Å². The molecule has 30 heavy (non-hydrogen) atoms. The number of aromatic nitrogens is 2. The van der Waals surface area contributed by atoms with Crippen molar-refractivity contribution in [3.63, 3.8) is 0 Å².